The SMILES string of the molecule is Cc1cccc(S(=O)(=O)N[C@H]2CCCc3ccc(N(Cc4nccn4C)C(=O)C[C@@H](C)c4ccccc4)cc32)c1. The van der Waals surface area contributed by atoms with E-state index in [1.165, 1.54) is 0 Å². The zero-order valence-electron chi connectivity index (χ0n) is 23.2. The molecule has 208 valence electrons. The molecule has 1 aliphatic rings. The van der Waals surface area contributed by atoms with Crippen molar-refractivity contribution in [2.24, 2.45) is 7.05 Å². The largest absolute Gasteiger partial charge is 0.337 e. The number of nitrogens with zero attached hydrogens (tertiary/aromatic N) is 3. The molecule has 4 aromatic rings. The lowest BCUT2D eigenvalue weighted by atomic mass is 9.87. The lowest BCUT2D eigenvalue weighted by Gasteiger charge is -2.30. The highest BCUT2D eigenvalue weighted by molar-refractivity contribution is 7.89. The zero-order valence-corrected chi connectivity index (χ0v) is 24.1. The van der Waals surface area contributed by atoms with Crippen molar-refractivity contribution in [3.05, 3.63) is 113 Å². The van der Waals surface area contributed by atoms with E-state index in [9.17, 15) is 13.2 Å². The van der Waals surface area contributed by atoms with Crippen LogP contribution in [0.3, 0.4) is 0 Å². The maximum absolute atomic E-state index is 13.8. The number of fused-ring (bicyclic) bond motifs is 1. The number of imidazole rings is 1. The molecule has 0 bridgehead atoms. The molecule has 0 spiro atoms. The number of aryl methyl sites for hydroxylation is 3. The smallest absolute Gasteiger partial charge is 0.241 e. The first kappa shape index (κ1) is 27.8. The van der Waals surface area contributed by atoms with Crippen molar-refractivity contribution in [1.29, 1.82) is 0 Å². The van der Waals surface area contributed by atoms with Gasteiger partial charge in [0.25, 0.3) is 0 Å². The lowest BCUT2D eigenvalue weighted by Crippen LogP contribution is -2.34. The van der Waals surface area contributed by atoms with Crippen molar-refractivity contribution < 1.29 is 13.2 Å². The van der Waals surface area contributed by atoms with Gasteiger partial charge >= 0.3 is 0 Å². The third-order valence-corrected chi connectivity index (χ3v) is 9.19. The molecule has 3 aromatic carbocycles. The Balaban J connectivity index is 1.46. The fraction of sp³-hybridized carbons (Fsp3) is 0.312. The Hall–Kier alpha value is -3.75. The van der Waals surface area contributed by atoms with E-state index in [2.05, 4.69) is 16.6 Å². The van der Waals surface area contributed by atoms with Crippen LogP contribution in [-0.2, 0) is 34.8 Å². The van der Waals surface area contributed by atoms with Crippen LogP contribution in [0.25, 0.3) is 0 Å². The van der Waals surface area contributed by atoms with Gasteiger partial charge in [-0.1, -0.05) is 55.5 Å². The molecule has 0 aliphatic heterocycles. The van der Waals surface area contributed by atoms with Crippen molar-refractivity contribution in [2.45, 2.75) is 62.9 Å². The summed E-state index contributed by atoms with van der Waals surface area (Å²) in [6.07, 6.45) is 6.39. The molecule has 1 N–H and O–H groups in total. The lowest BCUT2D eigenvalue weighted by molar-refractivity contribution is -0.119. The molecule has 0 saturated heterocycles. The van der Waals surface area contributed by atoms with Gasteiger partial charge in [-0.2, -0.15) is 0 Å². The average Bonchev–Trinajstić information content (AvgIpc) is 3.36. The van der Waals surface area contributed by atoms with Crippen LogP contribution in [0.15, 0.2) is 90.1 Å². The quantitative estimate of drug-likeness (QED) is 0.282. The highest BCUT2D eigenvalue weighted by Crippen LogP contribution is 2.35. The Morgan fingerprint density at radius 2 is 1.90 bits per heavy atom. The standard InChI is InChI=1S/C32H36N4O3S/c1-23-9-7-13-28(19-23)40(38,39)34-30-14-8-12-26-15-16-27(21-29(26)30)36(22-31-33-17-18-35(31)3)32(37)20-24(2)25-10-5-4-6-11-25/h4-7,9-11,13,15-19,21,24,30,34H,8,12,14,20,22H2,1-3H3/t24-,30+/m1/s1. The monoisotopic (exact) mass is 556 g/mol. The van der Waals surface area contributed by atoms with Gasteiger partial charge in [0.05, 0.1) is 11.4 Å². The maximum Gasteiger partial charge on any atom is 0.241 e. The van der Waals surface area contributed by atoms with E-state index in [-0.39, 0.29) is 22.8 Å². The number of carbonyl (C=O) groups excluding carboxylic acids is 1. The first-order valence-electron chi connectivity index (χ1n) is 13.7. The fourth-order valence-corrected chi connectivity index (χ4v) is 6.75. The van der Waals surface area contributed by atoms with Gasteiger partial charge in [-0.15, -0.1) is 0 Å². The third kappa shape index (κ3) is 6.18. The Morgan fingerprint density at radius 1 is 1.10 bits per heavy atom. The molecule has 5 rings (SSSR count). The van der Waals surface area contributed by atoms with Gasteiger partial charge in [0.2, 0.25) is 15.9 Å². The van der Waals surface area contributed by atoms with E-state index in [0.29, 0.717) is 19.4 Å². The molecule has 7 nitrogen and oxygen atoms in total. The van der Waals surface area contributed by atoms with Crippen molar-refractivity contribution in [3.8, 4) is 0 Å². The summed E-state index contributed by atoms with van der Waals surface area (Å²) in [7, 11) is -1.79. The Bertz CT molecular complexity index is 1600. The first-order valence-corrected chi connectivity index (χ1v) is 15.2. The highest BCUT2D eigenvalue weighted by Gasteiger charge is 2.28. The molecule has 0 unspecified atom stereocenters. The van der Waals surface area contributed by atoms with Gasteiger partial charge in [-0.25, -0.2) is 18.1 Å². The van der Waals surface area contributed by atoms with Crippen LogP contribution in [-0.4, -0.2) is 23.9 Å². The summed E-state index contributed by atoms with van der Waals surface area (Å²) >= 11 is 0. The van der Waals surface area contributed by atoms with Gasteiger partial charge in [0.1, 0.15) is 5.82 Å². The van der Waals surface area contributed by atoms with Gasteiger partial charge in [0, 0.05) is 37.6 Å². The minimum absolute atomic E-state index is 0.00740. The number of hydrogen-bond donors (Lipinski definition) is 1. The van der Waals surface area contributed by atoms with E-state index in [1.54, 1.807) is 29.3 Å². The van der Waals surface area contributed by atoms with Crippen molar-refractivity contribution in [3.63, 3.8) is 0 Å². The van der Waals surface area contributed by atoms with Crippen LogP contribution in [0.4, 0.5) is 5.69 Å². The summed E-state index contributed by atoms with van der Waals surface area (Å²) in [5.41, 5.74) is 4.78. The number of hydrogen-bond acceptors (Lipinski definition) is 4. The van der Waals surface area contributed by atoms with Crippen LogP contribution in [0.2, 0.25) is 0 Å². The van der Waals surface area contributed by atoms with Gasteiger partial charge in [0.15, 0.2) is 0 Å². The predicted molar refractivity (Wildman–Crippen MR) is 157 cm³/mol. The van der Waals surface area contributed by atoms with E-state index < -0.39 is 10.0 Å². The van der Waals surface area contributed by atoms with Crippen LogP contribution >= 0.6 is 0 Å². The van der Waals surface area contributed by atoms with Gasteiger partial charge < -0.3 is 9.47 Å². The molecule has 0 saturated carbocycles. The molecule has 0 radical (unpaired) electrons. The summed E-state index contributed by atoms with van der Waals surface area (Å²) in [4.78, 5) is 20.3. The van der Waals surface area contributed by atoms with Crippen molar-refractivity contribution in [1.82, 2.24) is 14.3 Å². The summed E-state index contributed by atoms with van der Waals surface area (Å²) in [5, 5.41) is 0. The minimum atomic E-state index is -3.71. The molecule has 2 atom stereocenters. The Kier molecular flexibility index (Phi) is 8.19. The van der Waals surface area contributed by atoms with Crippen molar-refractivity contribution >= 4 is 21.6 Å². The van der Waals surface area contributed by atoms with Crippen LogP contribution in [0, 0.1) is 6.92 Å². The number of benzene rings is 3. The van der Waals surface area contributed by atoms with E-state index in [4.69, 9.17) is 0 Å². The first-order chi connectivity index (χ1) is 19.2. The average molecular weight is 557 g/mol. The van der Waals surface area contributed by atoms with Crippen LogP contribution in [0.1, 0.15) is 66.2 Å². The number of aromatic nitrogens is 2. The van der Waals surface area contributed by atoms with Crippen LogP contribution < -0.4 is 9.62 Å². The zero-order chi connectivity index (χ0) is 28.3. The molecule has 1 heterocycles. The molecular weight excluding hydrogens is 520 g/mol. The molecular formula is C32H36N4O3S. The molecule has 1 amide bonds. The predicted octanol–water partition coefficient (Wildman–Crippen LogP) is 5.81. The summed E-state index contributed by atoms with van der Waals surface area (Å²) < 4.78 is 31.5. The summed E-state index contributed by atoms with van der Waals surface area (Å²) in [5.74, 6) is 0.811. The normalized spacial score (nSPS) is 15.8. The second-order valence-corrected chi connectivity index (χ2v) is 12.4. The fourth-order valence-electron chi connectivity index (χ4n) is 5.40. The molecule has 40 heavy (non-hydrogen) atoms. The summed E-state index contributed by atoms with van der Waals surface area (Å²) in [6.45, 7) is 4.27. The molecule has 0 fully saturated rings. The topological polar surface area (TPSA) is 84.3 Å². The van der Waals surface area contributed by atoms with E-state index in [0.717, 1.165) is 46.6 Å². The Labute approximate surface area is 236 Å². The number of anilines is 1. The molecule has 1 aromatic heterocycles. The molecule has 8 heteroatoms. The van der Waals surface area contributed by atoms with Crippen molar-refractivity contribution in [2.75, 3.05) is 4.90 Å². The van der Waals surface area contributed by atoms with Gasteiger partial charge in [-0.05, 0) is 78.6 Å². The third-order valence-electron chi connectivity index (χ3n) is 7.72. The van der Waals surface area contributed by atoms with E-state index in [1.807, 2.05) is 79.3 Å². The number of carbonyl (C=O) groups is 1. The molecule has 1 aliphatic carbocycles. The summed E-state index contributed by atoms with van der Waals surface area (Å²) in [6, 6.07) is 22.6. The maximum atomic E-state index is 13.8. The van der Waals surface area contributed by atoms with Gasteiger partial charge in [-0.3, -0.25) is 4.79 Å². The second kappa shape index (κ2) is 11.8. The number of amides is 1. The number of rotatable bonds is 9. The number of nitrogens with one attached hydrogen (secondary N) is 1. The van der Waals surface area contributed by atoms with Crippen LogP contribution in [0.5, 0.6) is 0 Å². The minimum Gasteiger partial charge on any atom is -0.337 e. The van der Waals surface area contributed by atoms with E-state index >= 15 is 0 Å². The number of sulfonamides is 1. The highest BCUT2D eigenvalue weighted by atomic mass is 32.2. The second-order valence-electron chi connectivity index (χ2n) is 10.7. The Morgan fingerprint density at radius 3 is 2.62 bits per heavy atom.